The van der Waals surface area contributed by atoms with Crippen LogP contribution in [0.15, 0.2) is 0 Å². The summed E-state index contributed by atoms with van der Waals surface area (Å²) in [4.78, 5) is 0. The molecule has 2 aliphatic rings. The average Bonchev–Trinajstić information content (AvgIpc) is 1.92. The van der Waals surface area contributed by atoms with Gasteiger partial charge in [0, 0.05) is 5.92 Å². The zero-order chi connectivity index (χ0) is 6.97. The molecule has 0 aromatic heterocycles. The number of nitrogens with zero attached hydrogens (tertiary/aromatic N) is 1. The maximum absolute atomic E-state index is 8.67. The summed E-state index contributed by atoms with van der Waals surface area (Å²) >= 11 is 0. The van der Waals surface area contributed by atoms with Crippen molar-refractivity contribution in [2.24, 2.45) is 17.8 Å². The lowest BCUT2D eigenvalue weighted by atomic mass is 9.59. The predicted octanol–water partition coefficient (Wildman–Crippen LogP) is 2.34. The van der Waals surface area contributed by atoms with Crippen molar-refractivity contribution in [3.8, 4) is 6.07 Å². The number of hydrogen-bond acceptors (Lipinski definition) is 1. The number of fused-ring (bicyclic) bond motifs is 1. The Morgan fingerprint density at radius 1 is 1.20 bits per heavy atom. The maximum atomic E-state index is 8.67. The first kappa shape index (κ1) is 6.22. The number of nitriles is 1. The minimum Gasteiger partial charge on any atom is -0.198 e. The van der Waals surface area contributed by atoms with Gasteiger partial charge in [0.15, 0.2) is 0 Å². The summed E-state index contributed by atoms with van der Waals surface area (Å²) in [5.41, 5.74) is 0. The van der Waals surface area contributed by atoms with E-state index in [0.717, 1.165) is 11.8 Å². The lowest BCUT2D eigenvalue weighted by molar-refractivity contribution is 0.0651. The third-order valence-electron chi connectivity index (χ3n) is 3.21. The first-order valence-corrected chi connectivity index (χ1v) is 4.31. The molecule has 2 saturated carbocycles. The summed E-state index contributed by atoms with van der Waals surface area (Å²) in [5.74, 6) is 2.18. The molecule has 0 radical (unpaired) electrons. The predicted molar refractivity (Wildman–Crippen MR) is 39.2 cm³/mol. The highest BCUT2D eigenvalue weighted by molar-refractivity contribution is 5.01. The SMILES string of the molecule is N#CC1CC2CCCCC12. The van der Waals surface area contributed by atoms with Crippen LogP contribution in [-0.2, 0) is 0 Å². The molecule has 1 heteroatoms. The summed E-state index contributed by atoms with van der Waals surface area (Å²) in [6.45, 7) is 0. The molecule has 0 bridgehead atoms. The fraction of sp³-hybridized carbons (Fsp3) is 0.889. The van der Waals surface area contributed by atoms with Crippen LogP contribution in [0.25, 0.3) is 0 Å². The van der Waals surface area contributed by atoms with Gasteiger partial charge in [-0.25, -0.2) is 0 Å². The second-order valence-electron chi connectivity index (χ2n) is 3.68. The number of hydrogen-bond donors (Lipinski definition) is 0. The Morgan fingerprint density at radius 3 is 2.70 bits per heavy atom. The Balaban J connectivity index is 1.96. The van der Waals surface area contributed by atoms with Crippen molar-refractivity contribution in [3.63, 3.8) is 0 Å². The lowest BCUT2D eigenvalue weighted by Crippen LogP contribution is -2.37. The van der Waals surface area contributed by atoms with Gasteiger partial charge in [-0.1, -0.05) is 19.3 Å². The molecule has 3 unspecified atom stereocenters. The van der Waals surface area contributed by atoms with Gasteiger partial charge in [0.2, 0.25) is 0 Å². The van der Waals surface area contributed by atoms with Crippen molar-refractivity contribution in [2.45, 2.75) is 32.1 Å². The standard InChI is InChI=1S/C9H13N/c10-6-8-5-7-3-1-2-4-9(7)8/h7-9H,1-5H2. The smallest absolute Gasteiger partial charge is 0.0658 e. The van der Waals surface area contributed by atoms with Gasteiger partial charge in [0.05, 0.1) is 6.07 Å². The van der Waals surface area contributed by atoms with Crippen LogP contribution in [0.2, 0.25) is 0 Å². The van der Waals surface area contributed by atoms with E-state index in [9.17, 15) is 0 Å². The minimum atomic E-state index is 0.435. The summed E-state index contributed by atoms with van der Waals surface area (Å²) in [6.07, 6.45) is 6.74. The van der Waals surface area contributed by atoms with E-state index in [4.69, 9.17) is 5.26 Å². The van der Waals surface area contributed by atoms with E-state index in [1.165, 1.54) is 32.1 Å². The average molecular weight is 135 g/mol. The van der Waals surface area contributed by atoms with Crippen LogP contribution in [0.5, 0.6) is 0 Å². The van der Waals surface area contributed by atoms with Gasteiger partial charge in [-0.15, -0.1) is 0 Å². The first-order valence-electron chi connectivity index (χ1n) is 4.31. The Bertz CT molecular complexity index is 168. The highest BCUT2D eigenvalue weighted by atomic mass is 14.5. The van der Waals surface area contributed by atoms with Crippen molar-refractivity contribution >= 4 is 0 Å². The Morgan fingerprint density at radius 2 is 2.00 bits per heavy atom. The molecule has 10 heavy (non-hydrogen) atoms. The first-order chi connectivity index (χ1) is 4.92. The molecular weight excluding hydrogens is 122 g/mol. The van der Waals surface area contributed by atoms with Gasteiger partial charge in [-0.05, 0) is 24.7 Å². The van der Waals surface area contributed by atoms with Crippen molar-refractivity contribution < 1.29 is 0 Å². The van der Waals surface area contributed by atoms with Crippen LogP contribution in [0, 0.1) is 29.1 Å². The Labute approximate surface area is 62.0 Å². The molecule has 2 fully saturated rings. The normalized spacial score (nSPS) is 44.9. The highest BCUT2D eigenvalue weighted by Crippen LogP contribution is 2.48. The van der Waals surface area contributed by atoms with Gasteiger partial charge < -0.3 is 0 Å². The van der Waals surface area contributed by atoms with Crippen LogP contribution >= 0.6 is 0 Å². The zero-order valence-corrected chi connectivity index (χ0v) is 6.21. The van der Waals surface area contributed by atoms with Gasteiger partial charge in [0.25, 0.3) is 0 Å². The molecule has 0 aliphatic heterocycles. The molecule has 0 aromatic carbocycles. The van der Waals surface area contributed by atoms with Crippen LogP contribution in [0.4, 0.5) is 0 Å². The number of rotatable bonds is 0. The topological polar surface area (TPSA) is 23.8 Å². The minimum absolute atomic E-state index is 0.435. The molecular formula is C9H13N. The molecule has 0 amide bonds. The fourth-order valence-electron chi connectivity index (χ4n) is 2.51. The van der Waals surface area contributed by atoms with E-state index >= 15 is 0 Å². The molecule has 0 heterocycles. The summed E-state index contributed by atoms with van der Waals surface area (Å²) in [5, 5.41) is 8.67. The molecule has 0 saturated heterocycles. The molecule has 0 spiro atoms. The fourth-order valence-corrected chi connectivity index (χ4v) is 2.51. The van der Waals surface area contributed by atoms with E-state index in [1.807, 2.05) is 0 Å². The van der Waals surface area contributed by atoms with Crippen LogP contribution in [0.1, 0.15) is 32.1 Å². The molecule has 1 nitrogen and oxygen atoms in total. The maximum Gasteiger partial charge on any atom is 0.0658 e. The van der Waals surface area contributed by atoms with Gasteiger partial charge in [0.1, 0.15) is 0 Å². The zero-order valence-electron chi connectivity index (χ0n) is 6.21. The Kier molecular flexibility index (Phi) is 1.41. The summed E-state index contributed by atoms with van der Waals surface area (Å²) in [7, 11) is 0. The largest absolute Gasteiger partial charge is 0.198 e. The van der Waals surface area contributed by atoms with Crippen molar-refractivity contribution in [3.05, 3.63) is 0 Å². The third-order valence-corrected chi connectivity index (χ3v) is 3.21. The van der Waals surface area contributed by atoms with Crippen molar-refractivity contribution in [1.29, 1.82) is 5.26 Å². The van der Waals surface area contributed by atoms with E-state index < -0.39 is 0 Å². The van der Waals surface area contributed by atoms with E-state index in [-0.39, 0.29) is 0 Å². The van der Waals surface area contributed by atoms with E-state index in [0.29, 0.717) is 5.92 Å². The van der Waals surface area contributed by atoms with E-state index in [1.54, 1.807) is 0 Å². The lowest BCUT2D eigenvalue weighted by Gasteiger charge is -2.44. The quantitative estimate of drug-likeness (QED) is 0.500. The molecule has 54 valence electrons. The van der Waals surface area contributed by atoms with Crippen LogP contribution in [0.3, 0.4) is 0 Å². The Hall–Kier alpha value is -0.510. The second-order valence-corrected chi connectivity index (χ2v) is 3.68. The van der Waals surface area contributed by atoms with Crippen LogP contribution < -0.4 is 0 Å². The van der Waals surface area contributed by atoms with Gasteiger partial charge in [-0.2, -0.15) is 5.26 Å². The van der Waals surface area contributed by atoms with Crippen molar-refractivity contribution in [2.75, 3.05) is 0 Å². The van der Waals surface area contributed by atoms with Crippen molar-refractivity contribution in [1.82, 2.24) is 0 Å². The second kappa shape index (κ2) is 2.27. The third kappa shape index (κ3) is 0.751. The summed E-state index contributed by atoms with van der Waals surface area (Å²) in [6, 6.07) is 2.40. The molecule has 2 rings (SSSR count). The van der Waals surface area contributed by atoms with E-state index in [2.05, 4.69) is 6.07 Å². The highest BCUT2D eigenvalue weighted by Gasteiger charge is 2.41. The molecule has 0 N–H and O–H groups in total. The van der Waals surface area contributed by atoms with Gasteiger partial charge in [-0.3, -0.25) is 0 Å². The molecule has 2 aliphatic carbocycles. The monoisotopic (exact) mass is 135 g/mol. The molecule has 3 atom stereocenters. The van der Waals surface area contributed by atoms with Crippen LogP contribution in [-0.4, -0.2) is 0 Å². The summed E-state index contributed by atoms with van der Waals surface area (Å²) < 4.78 is 0. The van der Waals surface area contributed by atoms with Gasteiger partial charge >= 0.3 is 0 Å². The molecule has 0 aromatic rings.